The van der Waals surface area contributed by atoms with Crippen molar-refractivity contribution in [1.82, 2.24) is 10.2 Å². The molecule has 0 aromatic heterocycles. The van der Waals surface area contributed by atoms with Crippen molar-refractivity contribution in [2.24, 2.45) is 0 Å². The molecule has 0 bridgehead atoms. The SMILES string of the molecule is CC[C@H](C(=O)N[C@@H](C)CC)N(CCc1ccccc1)C(=O)CN(c1cc(C)cc(C)c1)S(=O)(=O)c1ccc(C)cc1. The molecule has 0 saturated heterocycles. The van der Waals surface area contributed by atoms with Crippen LogP contribution in [0.1, 0.15) is 55.9 Å². The molecule has 2 atom stereocenters. The zero-order valence-corrected chi connectivity index (χ0v) is 25.9. The van der Waals surface area contributed by atoms with Gasteiger partial charge in [0.15, 0.2) is 0 Å². The fourth-order valence-electron chi connectivity index (χ4n) is 4.80. The number of nitrogens with one attached hydrogen (secondary N) is 1. The van der Waals surface area contributed by atoms with E-state index in [1.54, 1.807) is 41.3 Å². The maximum Gasteiger partial charge on any atom is 0.264 e. The Morgan fingerprint density at radius 3 is 2.00 bits per heavy atom. The molecular weight excluding hydrogens is 534 g/mol. The van der Waals surface area contributed by atoms with Gasteiger partial charge in [-0.05, 0) is 87.9 Å². The van der Waals surface area contributed by atoms with E-state index in [0.29, 0.717) is 18.5 Å². The van der Waals surface area contributed by atoms with E-state index in [-0.39, 0.29) is 23.4 Å². The molecule has 8 heteroatoms. The van der Waals surface area contributed by atoms with Crippen molar-refractivity contribution >= 4 is 27.5 Å². The molecule has 0 fully saturated rings. The Hall–Kier alpha value is -3.65. The topological polar surface area (TPSA) is 86.8 Å². The Bertz CT molecular complexity index is 1400. The standard InChI is InChI=1S/C33H43N3O4S/c1-7-27(6)34-33(38)31(8-2)35(19-18-28-12-10-9-11-13-28)32(37)23-36(29-21-25(4)20-26(5)22-29)41(39,40)30-16-14-24(3)15-17-30/h9-17,20-22,27,31H,7-8,18-19,23H2,1-6H3,(H,34,38)/t27-,31+/m0/s1. The Morgan fingerprint density at radius 2 is 1.44 bits per heavy atom. The molecule has 2 amide bonds. The summed E-state index contributed by atoms with van der Waals surface area (Å²) in [6, 6.07) is 21.1. The van der Waals surface area contributed by atoms with E-state index in [4.69, 9.17) is 0 Å². The van der Waals surface area contributed by atoms with Gasteiger partial charge in [-0.1, -0.05) is 67.9 Å². The summed E-state index contributed by atoms with van der Waals surface area (Å²) >= 11 is 0. The van der Waals surface area contributed by atoms with Crippen LogP contribution in [0.4, 0.5) is 5.69 Å². The van der Waals surface area contributed by atoms with Crippen LogP contribution < -0.4 is 9.62 Å². The van der Waals surface area contributed by atoms with Crippen molar-refractivity contribution in [3.8, 4) is 0 Å². The summed E-state index contributed by atoms with van der Waals surface area (Å²) in [5.41, 5.74) is 4.15. The number of rotatable bonds is 13. The summed E-state index contributed by atoms with van der Waals surface area (Å²) < 4.78 is 29.3. The summed E-state index contributed by atoms with van der Waals surface area (Å²) in [7, 11) is -4.09. The summed E-state index contributed by atoms with van der Waals surface area (Å²) in [6.07, 6.45) is 1.69. The van der Waals surface area contributed by atoms with Gasteiger partial charge >= 0.3 is 0 Å². The smallest absolute Gasteiger partial charge is 0.264 e. The molecule has 0 aliphatic carbocycles. The van der Waals surface area contributed by atoms with Gasteiger partial charge in [0.25, 0.3) is 10.0 Å². The normalized spacial score (nSPS) is 12.8. The first-order valence-corrected chi connectivity index (χ1v) is 15.7. The zero-order valence-electron chi connectivity index (χ0n) is 25.1. The van der Waals surface area contributed by atoms with Gasteiger partial charge in [0.1, 0.15) is 12.6 Å². The van der Waals surface area contributed by atoms with Crippen molar-refractivity contribution in [1.29, 1.82) is 0 Å². The summed E-state index contributed by atoms with van der Waals surface area (Å²) in [4.78, 5) is 29.2. The summed E-state index contributed by atoms with van der Waals surface area (Å²) in [5, 5.41) is 3.01. The first-order valence-electron chi connectivity index (χ1n) is 14.3. The van der Waals surface area contributed by atoms with Crippen LogP contribution in [-0.2, 0) is 26.0 Å². The van der Waals surface area contributed by atoms with Crippen LogP contribution >= 0.6 is 0 Å². The van der Waals surface area contributed by atoms with Crippen LogP contribution in [0.15, 0.2) is 77.7 Å². The van der Waals surface area contributed by atoms with Gasteiger partial charge in [-0.3, -0.25) is 13.9 Å². The Balaban J connectivity index is 2.04. The Morgan fingerprint density at radius 1 is 0.829 bits per heavy atom. The van der Waals surface area contributed by atoms with Crippen LogP contribution in [0.25, 0.3) is 0 Å². The van der Waals surface area contributed by atoms with Crippen molar-refractivity contribution in [3.63, 3.8) is 0 Å². The molecule has 3 aromatic rings. The van der Waals surface area contributed by atoms with Crippen LogP contribution in [0.5, 0.6) is 0 Å². The van der Waals surface area contributed by atoms with Gasteiger partial charge in [-0.15, -0.1) is 0 Å². The van der Waals surface area contributed by atoms with Crippen LogP contribution in [0, 0.1) is 20.8 Å². The minimum Gasteiger partial charge on any atom is -0.352 e. The molecular formula is C33H43N3O4S. The molecule has 0 aliphatic heterocycles. The maximum atomic E-state index is 14.2. The van der Waals surface area contributed by atoms with Crippen molar-refractivity contribution in [2.45, 2.75) is 77.8 Å². The van der Waals surface area contributed by atoms with Crippen LogP contribution in [0.3, 0.4) is 0 Å². The fraction of sp³-hybridized carbons (Fsp3) is 0.394. The van der Waals surface area contributed by atoms with Gasteiger partial charge in [0.05, 0.1) is 10.6 Å². The van der Waals surface area contributed by atoms with Crippen LogP contribution in [-0.4, -0.2) is 50.3 Å². The molecule has 3 aromatic carbocycles. The first kappa shape index (κ1) is 31.9. The third-order valence-electron chi connectivity index (χ3n) is 7.25. The molecule has 1 N–H and O–H groups in total. The fourth-order valence-corrected chi connectivity index (χ4v) is 6.20. The highest BCUT2D eigenvalue weighted by atomic mass is 32.2. The van der Waals surface area contributed by atoms with Gasteiger partial charge in [0.2, 0.25) is 11.8 Å². The quantitative estimate of drug-likeness (QED) is 0.288. The number of sulfonamides is 1. The van der Waals surface area contributed by atoms with E-state index >= 15 is 0 Å². The monoisotopic (exact) mass is 577 g/mol. The van der Waals surface area contributed by atoms with Crippen molar-refractivity contribution in [3.05, 3.63) is 95.1 Å². The van der Waals surface area contributed by atoms with Gasteiger partial charge in [-0.2, -0.15) is 0 Å². The Kier molecular flexibility index (Phi) is 11.1. The summed E-state index contributed by atoms with van der Waals surface area (Å²) in [6.45, 7) is 11.3. The molecule has 41 heavy (non-hydrogen) atoms. The predicted octanol–water partition coefficient (Wildman–Crippen LogP) is 5.57. The lowest BCUT2D eigenvalue weighted by Crippen LogP contribution is -2.54. The van der Waals surface area contributed by atoms with E-state index in [9.17, 15) is 18.0 Å². The van der Waals surface area contributed by atoms with Gasteiger partial charge in [-0.25, -0.2) is 8.42 Å². The molecule has 7 nitrogen and oxygen atoms in total. The Labute approximate surface area is 245 Å². The van der Waals surface area contributed by atoms with E-state index < -0.39 is 28.5 Å². The minimum atomic E-state index is -4.09. The number of amides is 2. The van der Waals surface area contributed by atoms with E-state index in [2.05, 4.69) is 5.32 Å². The lowest BCUT2D eigenvalue weighted by atomic mass is 10.1. The molecule has 0 saturated carbocycles. The molecule has 0 aliphatic rings. The van der Waals surface area contributed by atoms with Crippen molar-refractivity contribution in [2.75, 3.05) is 17.4 Å². The average molecular weight is 578 g/mol. The second-order valence-corrected chi connectivity index (χ2v) is 12.6. The molecule has 0 radical (unpaired) electrons. The predicted molar refractivity (Wildman–Crippen MR) is 165 cm³/mol. The third-order valence-corrected chi connectivity index (χ3v) is 9.04. The largest absolute Gasteiger partial charge is 0.352 e. The highest BCUT2D eigenvalue weighted by molar-refractivity contribution is 7.92. The van der Waals surface area contributed by atoms with Crippen LogP contribution in [0.2, 0.25) is 0 Å². The van der Waals surface area contributed by atoms with Crippen molar-refractivity contribution < 1.29 is 18.0 Å². The van der Waals surface area contributed by atoms with E-state index in [0.717, 1.165) is 28.7 Å². The number of carbonyl (C=O) groups is 2. The number of hydrogen-bond donors (Lipinski definition) is 1. The number of hydrogen-bond acceptors (Lipinski definition) is 4. The van der Waals surface area contributed by atoms with Gasteiger partial charge < -0.3 is 10.2 Å². The number of anilines is 1. The third kappa shape index (κ3) is 8.43. The molecule has 220 valence electrons. The van der Waals surface area contributed by atoms with E-state index in [1.165, 1.54) is 4.31 Å². The van der Waals surface area contributed by atoms with Gasteiger partial charge in [0, 0.05) is 12.6 Å². The molecule has 0 unspecified atom stereocenters. The maximum absolute atomic E-state index is 14.2. The summed E-state index contributed by atoms with van der Waals surface area (Å²) in [5.74, 6) is -0.662. The minimum absolute atomic E-state index is 0.0451. The number of benzene rings is 3. The highest BCUT2D eigenvalue weighted by Crippen LogP contribution is 2.27. The lowest BCUT2D eigenvalue weighted by molar-refractivity contribution is -0.139. The lowest BCUT2D eigenvalue weighted by Gasteiger charge is -2.34. The second kappa shape index (κ2) is 14.3. The molecule has 0 spiro atoms. The van der Waals surface area contributed by atoms with E-state index in [1.807, 2.05) is 77.9 Å². The molecule has 0 heterocycles. The average Bonchev–Trinajstić information content (AvgIpc) is 2.93. The number of carbonyl (C=O) groups excluding carboxylic acids is 2. The molecule has 3 rings (SSSR count). The highest BCUT2D eigenvalue weighted by Gasteiger charge is 2.33. The number of aryl methyl sites for hydroxylation is 3. The second-order valence-electron chi connectivity index (χ2n) is 10.7. The zero-order chi connectivity index (χ0) is 30.2. The first-order chi connectivity index (χ1) is 19.5. The number of nitrogens with zero attached hydrogens (tertiary/aromatic N) is 2.